The Bertz CT molecular complexity index is 305. The summed E-state index contributed by atoms with van der Waals surface area (Å²) < 4.78 is 2.03. The predicted molar refractivity (Wildman–Crippen MR) is 57.2 cm³/mol. The van der Waals surface area contributed by atoms with E-state index < -0.39 is 0 Å². The summed E-state index contributed by atoms with van der Waals surface area (Å²) in [6.07, 6.45) is 6.44. The maximum absolute atomic E-state index is 4.45. The van der Waals surface area contributed by atoms with E-state index in [0.717, 1.165) is 0 Å². The first kappa shape index (κ1) is 9.71. The van der Waals surface area contributed by atoms with E-state index in [-0.39, 0.29) is 0 Å². The second-order valence-corrected chi connectivity index (χ2v) is 4.39. The molecule has 0 aromatic carbocycles. The van der Waals surface area contributed by atoms with Crippen LogP contribution in [0, 0.1) is 0 Å². The van der Waals surface area contributed by atoms with Crippen molar-refractivity contribution in [2.24, 2.45) is 7.05 Å². The summed E-state index contributed by atoms with van der Waals surface area (Å²) >= 11 is 0. The molecule has 0 radical (unpaired) electrons. The molecule has 14 heavy (non-hydrogen) atoms. The van der Waals surface area contributed by atoms with Crippen LogP contribution in [0.1, 0.15) is 38.3 Å². The smallest absolute Gasteiger partial charge is 0.0946 e. The van der Waals surface area contributed by atoms with Crippen molar-refractivity contribution < 1.29 is 0 Å². The van der Waals surface area contributed by atoms with Crippen molar-refractivity contribution in [2.45, 2.75) is 44.7 Å². The maximum Gasteiger partial charge on any atom is 0.0946 e. The molecule has 1 aromatic heterocycles. The number of rotatable bonds is 2. The van der Waals surface area contributed by atoms with Crippen LogP contribution in [0.2, 0.25) is 0 Å². The van der Waals surface area contributed by atoms with Gasteiger partial charge in [0.25, 0.3) is 0 Å². The summed E-state index contributed by atoms with van der Waals surface area (Å²) in [4.78, 5) is 4.45. The van der Waals surface area contributed by atoms with E-state index in [1.54, 1.807) is 0 Å². The van der Waals surface area contributed by atoms with E-state index in [1.807, 2.05) is 17.9 Å². The number of aromatic nitrogens is 2. The van der Waals surface area contributed by atoms with Crippen LogP contribution in [0.4, 0.5) is 0 Å². The van der Waals surface area contributed by atoms with Gasteiger partial charge in [-0.15, -0.1) is 0 Å². The average molecular weight is 193 g/mol. The Morgan fingerprint density at radius 1 is 1.64 bits per heavy atom. The molecular formula is C11H19N3. The molecule has 1 aliphatic rings. The van der Waals surface area contributed by atoms with Gasteiger partial charge in [0.2, 0.25) is 0 Å². The molecule has 3 unspecified atom stereocenters. The molecular weight excluding hydrogens is 174 g/mol. The van der Waals surface area contributed by atoms with Gasteiger partial charge in [0.1, 0.15) is 0 Å². The third kappa shape index (κ3) is 1.69. The minimum absolute atomic E-state index is 0.608. The van der Waals surface area contributed by atoms with E-state index in [0.29, 0.717) is 18.0 Å². The summed E-state index contributed by atoms with van der Waals surface area (Å²) in [5.41, 5.74) is 1.25. The van der Waals surface area contributed by atoms with Gasteiger partial charge < -0.3 is 9.88 Å². The second kappa shape index (κ2) is 3.73. The number of imidazole rings is 1. The molecule has 0 spiro atoms. The van der Waals surface area contributed by atoms with Crippen LogP contribution in [-0.2, 0) is 7.05 Å². The second-order valence-electron chi connectivity index (χ2n) is 4.39. The fourth-order valence-electron chi connectivity index (χ4n) is 2.45. The normalized spacial score (nSPS) is 32.4. The Hall–Kier alpha value is -0.830. The van der Waals surface area contributed by atoms with Gasteiger partial charge in [-0.05, 0) is 19.8 Å². The quantitative estimate of drug-likeness (QED) is 0.774. The first-order valence-corrected chi connectivity index (χ1v) is 5.44. The lowest BCUT2D eigenvalue weighted by Gasteiger charge is -2.15. The molecule has 0 amide bonds. The molecule has 0 saturated carbocycles. The van der Waals surface area contributed by atoms with Crippen LogP contribution < -0.4 is 5.32 Å². The van der Waals surface area contributed by atoms with Crippen LogP contribution in [-0.4, -0.2) is 21.6 Å². The molecule has 1 N–H and O–H groups in total. The van der Waals surface area contributed by atoms with E-state index >= 15 is 0 Å². The minimum atomic E-state index is 0.608. The fourth-order valence-corrected chi connectivity index (χ4v) is 2.45. The van der Waals surface area contributed by atoms with Crippen LogP contribution in [0.25, 0.3) is 0 Å². The Balaban J connectivity index is 2.17. The zero-order chi connectivity index (χ0) is 10.1. The third-order valence-corrected chi connectivity index (χ3v) is 3.14. The van der Waals surface area contributed by atoms with Gasteiger partial charge >= 0.3 is 0 Å². The van der Waals surface area contributed by atoms with Crippen LogP contribution in [0.3, 0.4) is 0 Å². The van der Waals surface area contributed by atoms with E-state index in [1.165, 1.54) is 18.5 Å². The highest BCUT2D eigenvalue weighted by Gasteiger charge is 2.32. The van der Waals surface area contributed by atoms with Crippen molar-refractivity contribution in [3.05, 3.63) is 18.2 Å². The molecule has 1 aromatic rings. The molecule has 1 fully saturated rings. The van der Waals surface area contributed by atoms with Gasteiger partial charge in [0.15, 0.2) is 0 Å². The molecule has 3 heteroatoms. The summed E-state index contributed by atoms with van der Waals surface area (Å²) in [7, 11) is 2.03. The van der Waals surface area contributed by atoms with Crippen LogP contribution in [0.5, 0.6) is 0 Å². The zero-order valence-electron chi connectivity index (χ0n) is 9.20. The third-order valence-electron chi connectivity index (χ3n) is 3.14. The monoisotopic (exact) mass is 193 g/mol. The van der Waals surface area contributed by atoms with Crippen molar-refractivity contribution in [1.82, 2.24) is 14.9 Å². The highest BCUT2D eigenvalue weighted by atomic mass is 15.0. The van der Waals surface area contributed by atoms with E-state index in [9.17, 15) is 0 Å². The van der Waals surface area contributed by atoms with Gasteiger partial charge in [-0.1, -0.05) is 6.92 Å². The standard InChI is InChI=1S/C11H19N3/c1-4-10-9(5-8(2)13-10)11-6-14(3)7-12-11/h6-10,13H,4-5H2,1-3H3. The number of hydrogen-bond donors (Lipinski definition) is 1. The lowest BCUT2D eigenvalue weighted by Crippen LogP contribution is -2.28. The Morgan fingerprint density at radius 3 is 3.00 bits per heavy atom. The van der Waals surface area contributed by atoms with Crippen molar-refractivity contribution in [3.8, 4) is 0 Å². The SMILES string of the molecule is CCC1NC(C)CC1c1cn(C)cn1. The minimum Gasteiger partial charge on any atom is -0.340 e. The molecule has 3 atom stereocenters. The molecule has 1 aliphatic heterocycles. The van der Waals surface area contributed by atoms with Crippen molar-refractivity contribution in [1.29, 1.82) is 0 Å². The van der Waals surface area contributed by atoms with Crippen molar-refractivity contribution in [3.63, 3.8) is 0 Å². The maximum atomic E-state index is 4.45. The molecule has 2 rings (SSSR count). The fraction of sp³-hybridized carbons (Fsp3) is 0.727. The summed E-state index contributed by atoms with van der Waals surface area (Å²) in [6, 6.07) is 1.24. The van der Waals surface area contributed by atoms with Crippen molar-refractivity contribution in [2.75, 3.05) is 0 Å². The number of nitrogens with zero attached hydrogens (tertiary/aromatic N) is 2. The van der Waals surface area contributed by atoms with Gasteiger partial charge in [-0.25, -0.2) is 4.98 Å². The number of hydrogen-bond acceptors (Lipinski definition) is 2. The van der Waals surface area contributed by atoms with E-state index in [2.05, 4.69) is 30.3 Å². The molecule has 0 aliphatic carbocycles. The molecule has 78 valence electrons. The molecule has 1 saturated heterocycles. The first-order valence-electron chi connectivity index (χ1n) is 5.44. The summed E-state index contributed by atoms with van der Waals surface area (Å²) in [6.45, 7) is 4.50. The average Bonchev–Trinajstić information content (AvgIpc) is 2.71. The number of aryl methyl sites for hydroxylation is 1. The largest absolute Gasteiger partial charge is 0.340 e. The van der Waals surface area contributed by atoms with Gasteiger partial charge in [-0.2, -0.15) is 0 Å². The molecule has 3 nitrogen and oxygen atoms in total. The molecule has 2 heterocycles. The predicted octanol–water partition coefficient (Wildman–Crippen LogP) is 1.66. The zero-order valence-corrected chi connectivity index (χ0v) is 9.20. The van der Waals surface area contributed by atoms with Crippen LogP contribution in [0.15, 0.2) is 12.5 Å². The summed E-state index contributed by atoms with van der Waals surface area (Å²) in [5, 5.41) is 3.61. The Kier molecular flexibility index (Phi) is 2.59. The molecule has 0 bridgehead atoms. The Morgan fingerprint density at radius 2 is 2.43 bits per heavy atom. The van der Waals surface area contributed by atoms with Gasteiger partial charge in [0, 0.05) is 31.2 Å². The van der Waals surface area contributed by atoms with Crippen LogP contribution >= 0.6 is 0 Å². The lowest BCUT2D eigenvalue weighted by atomic mass is 9.94. The van der Waals surface area contributed by atoms with Gasteiger partial charge in [0.05, 0.1) is 12.0 Å². The number of nitrogens with one attached hydrogen (secondary N) is 1. The summed E-state index contributed by atoms with van der Waals surface area (Å²) in [5.74, 6) is 0.608. The highest BCUT2D eigenvalue weighted by molar-refractivity contribution is 5.12. The van der Waals surface area contributed by atoms with E-state index in [4.69, 9.17) is 0 Å². The van der Waals surface area contributed by atoms with Gasteiger partial charge in [-0.3, -0.25) is 0 Å². The highest BCUT2D eigenvalue weighted by Crippen LogP contribution is 2.30. The van der Waals surface area contributed by atoms with Crippen molar-refractivity contribution >= 4 is 0 Å². The Labute approximate surface area is 85.5 Å². The topological polar surface area (TPSA) is 29.9 Å². The first-order chi connectivity index (χ1) is 6.70. The lowest BCUT2D eigenvalue weighted by molar-refractivity contribution is 0.512.